The SMILES string of the molecule is COc1ccc(N2CCN(c3ncnc(Nc4cc(C)on4)c3N)CC2)cc1. The molecule has 0 unspecified atom stereocenters. The second-order valence-corrected chi connectivity index (χ2v) is 6.58. The molecule has 0 spiro atoms. The first-order valence-corrected chi connectivity index (χ1v) is 9.09. The molecule has 0 saturated carbocycles. The molecule has 2 aromatic heterocycles. The molecular formula is C19H23N7O2. The van der Waals surface area contributed by atoms with Gasteiger partial charge in [0.15, 0.2) is 17.5 Å². The number of aromatic nitrogens is 3. The fraction of sp³-hybridized carbons (Fsp3) is 0.316. The van der Waals surface area contributed by atoms with Gasteiger partial charge >= 0.3 is 0 Å². The molecule has 1 aliphatic heterocycles. The van der Waals surface area contributed by atoms with Crippen molar-refractivity contribution in [2.75, 3.05) is 54.1 Å². The van der Waals surface area contributed by atoms with Gasteiger partial charge in [0.05, 0.1) is 7.11 Å². The minimum Gasteiger partial charge on any atom is -0.497 e. The van der Waals surface area contributed by atoms with Crippen LogP contribution in [-0.4, -0.2) is 48.4 Å². The van der Waals surface area contributed by atoms with Gasteiger partial charge in [0.2, 0.25) is 0 Å². The Balaban J connectivity index is 1.44. The summed E-state index contributed by atoms with van der Waals surface area (Å²) in [5.74, 6) is 3.39. The van der Waals surface area contributed by atoms with E-state index in [-0.39, 0.29) is 0 Å². The lowest BCUT2D eigenvalue weighted by Crippen LogP contribution is -2.47. The van der Waals surface area contributed by atoms with Crippen molar-refractivity contribution >= 4 is 28.8 Å². The molecule has 0 radical (unpaired) electrons. The van der Waals surface area contributed by atoms with Crippen molar-refractivity contribution in [3.05, 3.63) is 42.4 Å². The summed E-state index contributed by atoms with van der Waals surface area (Å²) in [4.78, 5) is 13.2. The summed E-state index contributed by atoms with van der Waals surface area (Å²) in [5.41, 5.74) is 8.01. The molecule has 1 aromatic carbocycles. The van der Waals surface area contributed by atoms with E-state index in [1.54, 1.807) is 13.2 Å². The molecule has 0 bridgehead atoms. The van der Waals surface area contributed by atoms with Gasteiger partial charge in [0, 0.05) is 37.9 Å². The zero-order valence-corrected chi connectivity index (χ0v) is 15.9. The second kappa shape index (κ2) is 7.63. The van der Waals surface area contributed by atoms with E-state index in [9.17, 15) is 0 Å². The smallest absolute Gasteiger partial charge is 0.175 e. The number of ether oxygens (including phenoxy) is 1. The Morgan fingerprint density at radius 1 is 1.07 bits per heavy atom. The highest BCUT2D eigenvalue weighted by Crippen LogP contribution is 2.29. The zero-order valence-electron chi connectivity index (χ0n) is 15.9. The van der Waals surface area contributed by atoms with Gasteiger partial charge < -0.3 is 30.1 Å². The Bertz CT molecular complexity index is 934. The second-order valence-electron chi connectivity index (χ2n) is 6.58. The normalized spacial score (nSPS) is 14.2. The van der Waals surface area contributed by atoms with E-state index < -0.39 is 0 Å². The number of nitrogens with two attached hydrogens (primary N) is 1. The maximum atomic E-state index is 6.33. The van der Waals surface area contributed by atoms with E-state index in [1.165, 1.54) is 12.0 Å². The number of anilines is 5. The van der Waals surface area contributed by atoms with E-state index in [1.807, 2.05) is 19.1 Å². The van der Waals surface area contributed by atoms with E-state index >= 15 is 0 Å². The van der Waals surface area contributed by atoms with Gasteiger partial charge in [0.1, 0.15) is 23.5 Å². The molecule has 0 atom stereocenters. The van der Waals surface area contributed by atoms with Gasteiger partial charge in [-0.3, -0.25) is 0 Å². The van der Waals surface area contributed by atoms with E-state index in [0.29, 0.717) is 23.1 Å². The molecule has 1 fully saturated rings. The molecule has 1 aliphatic rings. The largest absolute Gasteiger partial charge is 0.497 e. The summed E-state index contributed by atoms with van der Waals surface area (Å²) in [6.07, 6.45) is 1.51. The van der Waals surface area contributed by atoms with Crippen LogP contribution >= 0.6 is 0 Å². The highest BCUT2D eigenvalue weighted by molar-refractivity contribution is 5.77. The van der Waals surface area contributed by atoms with Gasteiger partial charge in [-0.15, -0.1) is 0 Å². The van der Waals surface area contributed by atoms with Crippen LogP contribution in [0.4, 0.5) is 28.8 Å². The van der Waals surface area contributed by atoms with Crippen LogP contribution in [0.3, 0.4) is 0 Å². The monoisotopic (exact) mass is 381 g/mol. The van der Waals surface area contributed by atoms with E-state index in [2.05, 4.69) is 42.4 Å². The lowest BCUT2D eigenvalue weighted by molar-refractivity contribution is 0.400. The highest BCUT2D eigenvalue weighted by atomic mass is 16.5. The highest BCUT2D eigenvalue weighted by Gasteiger charge is 2.22. The van der Waals surface area contributed by atoms with Crippen molar-refractivity contribution in [1.82, 2.24) is 15.1 Å². The van der Waals surface area contributed by atoms with Gasteiger partial charge in [0.25, 0.3) is 0 Å². The fourth-order valence-electron chi connectivity index (χ4n) is 3.25. The molecule has 0 amide bonds. The Morgan fingerprint density at radius 2 is 1.79 bits per heavy atom. The van der Waals surface area contributed by atoms with Crippen LogP contribution < -0.4 is 25.6 Å². The molecule has 1 saturated heterocycles. The number of hydrogen-bond donors (Lipinski definition) is 2. The third-order valence-corrected chi connectivity index (χ3v) is 4.75. The molecular weight excluding hydrogens is 358 g/mol. The van der Waals surface area contributed by atoms with Gasteiger partial charge in [-0.25, -0.2) is 9.97 Å². The summed E-state index contributed by atoms with van der Waals surface area (Å²) >= 11 is 0. The summed E-state index contributed by atoms with van der Waals surface area (Å²) in [5, 5.41) is 7.01. The van der Waals surface area contributed by atoms with Crippen molar-refractivity contribution in [3.8, 4) is 5.75 Å². The molecule has 28 heavy (non-hydrogen) atoms. The van der Waals surface area contributed by atoms with Gasteiger partial charge in [-0.05, 0) is 31.2 Å². The topological polar surface area (TPSA) is 106 Å². The first-order valence-electron chi connectivity index (χ1n) is 9.09. The average molecular weight is 381 g/mol. The first kappa shape index (κ1) is 17.9. The lowest BCUT2D eigenvalue weighted by Gasteiger charge is -2.37. The number of nitrogen functional groups attached to an aromatic ring is 1. The molecule has 0 aliphatic carbocycles. The maximum Gasteiger partial charge on any atom is 0.175 e. The van der Waals surface area contributed by atoms with Gasteiger partial charge in [-0.2, -0.15) is 0 Å². The van der Waals surface area contributed by atoms with Crippen LogP contribution in [0.15, 0.2) is 41.2 Å². The van der Waals surface area contributed by atoms with E-state index in [0.717, 1.165) is 37.7 Å². The number of methoxy groups -OCH3 is 1. The maximum absolute atomic E-state index is 6.33. The van der Waals surface area contributed by atoms with Crippen LogP contribution in [0.25, 0.3) is 0 Å². The minimum atomic E-state index is 0.501. The number of rotatable bonds is 5. The summed E-state index contributed by atoms with van der Waals surface area (Å²) in [6, 6.07) is 9.90. The number of hydrogen-bond acceptors (Lipinski definition) is 9. The van der Waals surface area contributed by atoms with Crippen molar-refractivity contribution in [2.45, 2.75) is 6.92 Å². The minimum absolute atomic E-state index is 0.501. The van der Waals surface area contributed by atoms with Crippen LogP contribution in [0.1, 0.15) is 5.76 Å². The van der Waals surface area contributed by atoms with Crippen LogP contribution in [0, 0.1) is 6.92 Å². The summed E-state index contributed by atoms with van der Waals surface area (Å²) < 4.78 is 10.3. The fourth-order valence-corrected chi connectivity index (χ4v) is 3.25. The van der Waals surface area contributed by atoms with Crippen molar-refractivity contribution in [2.24, 2.45) is 0 Å². The number of nitrogens with zero attached hydrogens (tertiary/aromatic N) is 5. The Kier molecular flexibility index (Phi) is 4.88. The van der Waals surface area contributed by atoms with Crippen LogP contribution in [0.5, 0.6) is 5.75 Å². The van der Waals surface area contributed by atoms with Crippen molar-refractivity contribution in [1.29, 1.82) is 0 Å². The molecule has 146 valence electrons. The Labute approximate surface area is 163 Å². The number of aryl methyl sites for hydroxylation is 1. The van der Waals surface area contributed by atoms with Crippen molar-refractivity contribution < 1.29 is 9.26 Å². The first-order chi connectivity index (χ1) is 13.6. The standard InChI is InChI=1S/C19H23N7O2/c1-13-11-16(24-28-13)23-18-17(20)19(22-12-21-18)26-9-7-25(8-10-26)14-3-5-15(27-2)6-4-14/h3-6,11-12H,7-10,20H2,1-2H3,(H,21,22,23,24). The number of nitrogens with one attached hydrogen (secondary N) is 1. The molecule has 9 nitrogen and oxygen atoms in total. The zero-order chi connectivity index (χ0) is 19.5. The molecule has 9 heteroatoms. The molecule has 4 rings (SSSR count). The summed E-state index contributed by atoms with van der Waals surface area (Å²) in [7, 11) is 1.67. The predicted octanol–water partition coefficient (Wildman–Crippen LogP) is 2.43. The third kappa shape index (κ3) is 3.64. The molecule has 3 heterocycles. The van der Waals surface area contributed by atoms with E-state index in [4.69, 9.17) is 15.0 Å². The Morgan fingerprint density at radius 3 is 2.43 bits per heavy atom. The molecule has 3 N–H and O–H groups in total. The predicted molar refractivity (Wildman–Crippen MR) is 108 cm³/mol. The Hall–Kier alpha value is -3.49. The lowest BCUT2D eigenvalue weighted by atomic mass is 10.2. The molecule has 3 aromatic rings. The third-order valence-electron chi connectivity index (χ3n) is 4.75. The number of piperazine rings is 1. The van der Waals surface area contributed by atoms with Gasteiger partial charge in [-0.1, -0.05) is 5.16 Å². The van der Waals surface area contributed by atoms with Crippen LogP contribution in [-0.2, 0) is 0 Å². The van der Waals surface area contributed by atoms with Crippen molar-refractivity contribution in [3.63, 3.8) is 0 Å². The average Bonchev–Trinajstić information content (AvgIpc) is 3.14. The quantitative estimate of drug-likeness (QED) is 0.689. The van der Waals surface area contributed by atoms with Crippen LogP contribution in [0.2, 0.25) is 0 Å². The summed E-state index contributed by atoms with van der Waals surface area (Å²) in [6.45, 7) is 5.21. The number of benzene rings is 1.